The molecular formula is C3H4Cl2MgN2. The van der Waals surface area contributed by atoms with Crippen molar-refractivity contribution >= 4 is 23.1 Å². The predicted octanol–water partition coefficient (Wildman–Crippen LogP) is -5.96. The quantitative estimate of drug-likeness (QED) is 0.379. The molecule has 1 N–H and O–H groups in total. The first kappa shape index (κ1) is 15.8. The zero-order valence-corrected chi connectivity index (χ0v) is 7.07. The van der Waals surface area contributed by atoms with Crippen LogP contribution in [0.4, 0.5) is 0 Å². The van der Waals surface area contributed by atoms with Crippen LogP contribution < -0.4 is 24.8 Å². The fraction of sp³-hybridized carbons (Fsp3) is 0. The van der Waals surface area contributed by atoms with E-state index in [4.69, 9.17) is 0 Å². The molecular weight excluding hydrogens is 159 g/mol. The molecule has 0 aliphatic carbocycles. The van der Waals surface area contributed by atoms with Gasteiger partial charge < -0.3 is 24.8 Å². The van der Waals surface area contributed by atoms with Gasteiger partial charge in [-0.05, 0) is 6.07 Å². The Morgan fingerprint density at radius 3 is 2.00 bits per heavy atom. The average Bonchev–Trinajstić information content (AvgIpc) is 1.76. The molecule has 1 rings (SSSR count). The van der Waals surface area contributed by atoms with Gasteiger partial charge in [0.1, 0.15) is 0 Å². The number of nitrogens with zero attached hydrogens (tertiary/aromatic N) is 1. The second-order valence-corrected chi connectivity index (χ2v) is 0.766. The Bertz CT molecular complexity index is 71.8. The van der Waals surface area contributed by atoms with Crippen molar-refractivity contribution in [1.29, 1.82) is 0 Å². The molecule has 2 nitrogen and oxygen atoms in total. The van der Waals surface area contributed by atoms with E-state index >= 15 is 0 Å². The van der Waals surface area contributed by atoms with Crippen LogP contribution in [0.25, 0.3) is 0 Å². The minimum Gasteiger partial charge on any atom is -1.00 e. The summed E-state index contributed by atoms with van der Waals surface area (Å²) in [5.74, 6) is 0. The van der Waals surface area contributed by atoms with Gasteiger partial charge in [-0.2, -0.15) is 5.10 Å². The molecule has 8 heavy (non-hydrogen) atoms. The fourth-order valence-electron chi connectivity index (χ4n) is 0.215. The molecule has 1 aromatic rings. The van der Waals surface area contributed by atoms with Crippen LogP contribution in [0.5, 0.6) is 0 Å². The molecule has 1 heterocycles. The maximum absolute atomic E-state index is 3.60. The van der Waals surface area contributed by atoms with Crippen molar-refractivity contribution in [2.24, 2.45) is 0 Å². The average molecular weight is 163 g/mol. The maximum atomic E-state index is 3.60. The summed E-state index contributed by atoms with van der Waals surface area (Å²) in [7, 11) is 0. The standard InChI is InChI=1S/C3H4N2.2ClH.Mg/c1-2-4-5-3-1;;;/h1-3H,(H,4,5);2*1H;/q;;;+2/p-2. The summed E-state index contributed by atoms with van der Waals surface area (Å²) >= 11 is 0. The SMILES string of the molecule is [Cl-].[Cl-].[Mg+2].c1cn[nH]c1. The first-order valence-corrected chi connectivity index (χ1v) is 1.44. The van der Waals surface area contributed by atoms with Gasteiger partial charge in [0.15, 0.2) is 0 Å². The van der Waals surface area contributed by atoms with Crippen LogP contribution >= 0.6 is 0 Å². The van der Waals surface area contributed by atoms with Gasteiger partial charge in [0, 0.05) is 12.4 Å². The Morgan fingerprint density at radius 2 is 1.88 bits per heavy atom. The molecule has 0 atom stereocenters. The molecule has 0 bridgehead atoms. The smallest absolute Gasteiger partial charge is 1.00 e. The van der Waals surface area contributed by atoms with Gasteiger partial charge >= 0.3 is 23.1 Å². The van der Waals surface area contributed by atoms with Gasteiger partial charge in [0.2, 0.25) is 0 Å². The van der Waals surface area contributed by atoms with Crippen molar-refractivity contribution in [3.8, 4) is 0 Å². The Balaban J connectivity index is -0.0000000833. The van der Waals surface area contributed by atoms with E-state index in [0.29, 0.717) is 0 Å². The summed E-state index contributed by atoms with van der Waals surface area (Å²) < 4.78 is 0. The Hall–Kier alpha value is 0.556. The zero-order valence-electron chi connectivity index (χ0n) is 4.14. The van der Waals surface area contributed by atoms with Crippen LogP contribution in [0.1, 0.15) is 0 Å². The number of rotatable bonds is 0. The van der Waals surface area contributed by atoms with E-state index in [2.05, 4.69) is 10.2 Å². The molecule has 0 radical (unpaired) electrons. The predicted molar refractivity (Wildman–Crippen MR) is 24.3 cm³/mol. The van der Waals surface area contributed by atoms with E-state index in [1.54, 1.807) is 12.4 Å². The van der Waals surface area contributed by atoms with E-state index < -0.39 is 0 Å². The van der Waals surface area contributed by atoms with Crippen molar-refractivity contribution < 1.29 is 24.8 Å². The first-order valence-electron chi connectivity index (χ1n) is 1.44. The number of aromatic amines is 1. The molecule has 0 aliphatic rings. The minimum absolute atomic E-state index is 0. The van der Waals surface area contributed by atoms with Crippen molar-refractivity contribution in [1.82, 2.24) is 10.2 Å². The van der Waals surface area contributed by atoms with Crippen LogP contribution in [-0.2, 0) is 0 Å². The Labute approximate surface area is 76.4 Å². The van der Waals surface area contributed by atoms with E-state index in [-0.39, 0.29) is 47.9 Å². The third-order valence-corrected chi connectivity index (χ3v) is 0.406. The largest absolute Gasteiger partial charge is 2.00 e. The van der Waals surface area contributed by atoms with Crippen molar-refractivity contribution in [2.45, 2.75) is 0 Å². The van der Waals surface area contributed by atoms with Crippen LogP contribution in [0.15, 0.2) is 18.5 Å². The van der Waals surface area contributed by atoms with Gasteiger partial charge in [-0.15, -0.1) is 0 Å². The second-order valence-electron chi connectivity index (χ2n) is 0.766. The Morgan fingerprint density at radius 1 is 1.25 bits per heavy atom. The normalized spacial score (nSPS) is 5.00. The molecule has 42 valence electrons. The molecule has 0 spiro atoms. The molecule has 0 amide bonds. The molecule has 0 saturated carbocycles. The van der Waals surface area contributed by atoms with E-state index in [1.165, 1.54) is 0 Å². The summed E-state index contributed by atoms with van der Waals surface area (Å²) in [5.41, 5.74) is 0. The molecule has 0 fully saturated rings. The van der Waals surface area contributed by atoms with Gasteiger partial charge in [-0.25, -0.2) is 0 Å². The van der Waals surface area contributed by atoms with E-state index in [9.17, 15) is 0 Å². The number of aromatic nitrogens is 2. The summed E-state index contributed by atoms with van der Waals surface area (Å²) in [6.07, 6.45) is 3.46. The summed E-state index contributed by atoms with van der Waals surface area (Å²) in [6, 6.07) is 1.83. The topological polar surface area (TPSA) is 28.7 Å². The second kappa shape index (κ2) is 10.5. The monoisotopic (exact) mass is 162 g/mol. The Kier molecular flexibility index (Phi) is 20.8. The van der Waals surface area contributed by atoms with E-state index in [0.717, 1.165) is 0 Å². The van der Waals surface area contributed by atoms with Crippen molar-refractivity contribution in [3.05, 3.63) is 18.5 Å². The van der Waals surface area contributed by atoms with Crippen LogP contribution in [-0.4, -0.2) is 33.3 Å². The molecule has 0 aromatic carbocycles. The molecule has 0 saturated heterocycles. The third kappa shape index (κ3) is 6.56. The molecule has 5 heteroatoms. The minimum atomic E-state index is 0. The molecule has 1 aromatic heterocycles. The summed E-state index contributed by atoms with van der Waals surface area (Å²) in [6.45, 7) is 0. The maximum Gasteiger partial charge on any atom is 2.00 e. The van der Waals surface area contributed by atoms with Gasteiger partial charge in [-0.1, -0.05) is 0 Å². The molecule has 0 aliphatic heterocycles. The number of hydrogen-bond acceptors (Lipinski definition) is 1. The van der Waals surface area contributed by atoms with Gasteiger partial charge in [0.25, 0.3) is 0 Å². The van der Waals surface area contributed by atoms with Crippen LogP contribution in [0.3, 0.4) is 0 Å². The number of nitrogens with one attached hydrogen (secondary N) is 1. The van der Waals surface area contributed by atoms with Crippen LogP contribution in [0.2, 0.25) is 0 Å². The number of hydrogen-bond donors (Lipinski definition) is 1. The van der Waals surface area contributed by atoms with Gasteiger partial charge in [-0.3, -0.25) is 5.10 Å². The first-order chi connectivity index (χ1) is 2.50. The summed E-state index contributed by atoms with van der Waals surface area (Å²) in [4.78, 5) is 0. The van der Waals surface area contributed by atoms with Gasteiger partial charge in [0.05, 0.1) is 0 Å². The zero-order chi connectivity index (χ0) is 3.54. The number of H-pyrrole nitrogens is 1. The number of halogens is 2. The van der Waals surface area contributed by atoms with Crippen LogP contribution in [0, 0.1) is 0 Å². The van der Waals surface area contributed by atoms with E-state index in [1.807, 2.05) is 6.07 Å². The fourth-order valence-corrected chi connectivity index (χ4v) is 0.215. The molecule has 0 unspecified atom stereocenters. The van der Waals surface area contributed by atoms with Crippen molar-refractivity contribution in [3.63, 3.8) is 0 Å². The van der Waals surface area contributed by atoms with Crippen molar-refractivity contribution in [2.75, 3.05) is 0 Å². The summed E-state index contributed by atoms with van der Waals surface area (Å²) in [5, 5.41) is 6.21. The third-order valence-electron chi connectivity index (χ3n) is 0.406.